The first kappa shape index (κ1) is 13.7. The van der Waals surface area contributed by atoms with Gasteiger partial charge in [0.25, 0.3) is 0 Å². The number of ether oxygens (including phenoxy) is 2. The van der Waals surface area contributed by atoms with Gasteiger partial charge in [-0.05, 0) is 31.0 Å². The fourth-order valence-corrected chi connectivity index (χ4v) is 4.39. The fourth-order valence-electron chi connectivity index (χ4n) is 2.71. The molecule has 2 atom stereocenters. The van der Waals surface area contributed by atoms with Crippen LogP contribution in [0.1, 0.15) is 24.9 Å². The van der Waals surface area contributed by atoms with Crippen LogP contribution in [0.25, 0.3) is 0 Å². The first-order valence-corrected chi connectivity index (χ1v) is 8.72. The van der Waals surface area contributed by atoms with Crippen molar-refractivity contribution in [2.45, 2.75) is 25.4 Å². The van der Waals surface area contributed by atoms with Crippen LogP contribution >= 0.6 is 0 Å². The summed E-state index contributed by atoms with van der Waals surface area (Å²) >= 11 is 0. The molecule has 6 heteroatoms. The van der Waals surface area contributed by atoms with E-state index in [0.717, 1.165) is 17.1 Å². The van der Waals surface area contributed by atoms with Crippen LogP contribution in [-0.4, -0.2) is 39.2 Å². The molecule has 0 aromatic heterocycles. The van der Waals surface area contributed by atoms with E-state index in [2.05, 4.69) is 5.32 Å². The zero-order valence-electron chi connectivity index (χ0n) is 11.5. The van der Waals surface area contributed by atoms with Crippen molar-refractivity contribution < 1.29 is 17.9 Å². The molecule has 2 unspecified atom stereocenters. The second kappa shape index (κ2) is 5.26. The maximum Gasteiger partial charge on any atom is 0.161 e. The van der Waals surface area contributed by atoms with E-state index in [-0.39, 0.29) is 17.8 Å². The Balaban J connectivity index is 1.69. The van der Waals surface area contributed by atoms with Crippen molar-refractivity contribution >= 4 is 9.84 Å². The SMILES string of the molecule is CC(NC1CCS(=O)(=O)C1)c1ccc2c(c1)OCCO2. The van der Waals surface area contributed by atoms with Gasteiger partial charge in [-0.3, -0.25) is 0 Å². The molecule has 0 radical (unpaired) electrons. The summed E-state index contributed by atoms with van der Waals surface area (Å²) < 4.78 is 34.0. The molecule has 5 nitrogen and oxygen atoms in total. The third-order valence-corrected chi connectivity index (χ3v) is 5.55. The number of hydrogen-bond acceptors (Lipinski definition) is 5. The monoisotopic (exact) mass is 297 g/mol. The van der Waals surface area contributed by atoms with E-state index in [4.69, 9.17) is 9.47 Å². The highest BCUT2D eigenvalue weighted by Gasteiger charge is 2.29. The average molecular weight is 297 g/mol. The van der Waals surface area contributed by atoms with E-state index in [1.807, 2.05) is 25.1 Å². The van der Waals surface area contributed by atoms with Crippen molar-refractivity contribution in [3.8, 4) is 11.5 Å². The summed E-state index contributed by atoms with van der Waals surface area (Å²) in [7, 11) is -2.84. The first-order chi connectivity index (χ1) is 9.53. The summed E-state index contributed by atoms with van der Waals surface area (Å²) in [5.41, 5.74) is 1.08. The van der Waals surface area contributed by atoms with Crippen molar-refractivity contribution in [1.29, 1.82) is 0 Å². The van der Waals surface area contributed by atoms with Crippen molar-refractivity contribution in [3.05, 3.63) is 23.8 Å². The molecule has 20 heavy (non-hydrogen) atoms. The van der Waals surface area contributed by atoms with Gasteiger partial charge in [0.05, 0.1) is 11.5 Å². The molecule has 1 aromatic carbocycles. The minimum atomic E-state index is -2.84. The van der Waals surface area contributed by atoms with Gasteiger partial charge < -0.3 is 14.8 Å². The van der Waals surface area contributed by atoms with Gasteiger partial charge >= 0.3 is 0 Å². The maximum absolute atomic E-state index is 11.5. The van der Waals surface area contributed by atoms with E-state index < -0.39 is 9.84 Å². The molecule has 1 saturated heterocycles. The lowest BCUT2D eigenvalue weighted by molar-refractivity contribution is 0.171. The summed E-state index contributed by atoms with van der Waals surface area (Å²) in [6.07, 6.45) is 0.692. The van der Waals surface area contributed by atoms with Crippen LogP contribution in [0.15, 0.2) is 18.2 Å². The van der Waals surface area contributed by atoms with Crippen molar-refractivity contribution in [3.63, 3.8) is 0 Å². The Labute approximate surface area is 119 Å². The summed E-state index contributed by atoms with van der Waals surface area (Å²) in [6.45, 7) is 3.19. The van der Waals surface area contributed by atoms with Crippen LogP contribution in [0.5, 0.6) is 11.5 Å². The molecule has 0 amide bonds. The summed E-state index contributed by atoms with van der Waals surface area (Å²) in [5, 5.41) is 3.38. The average Bonchev–Trinajstić information content (AvgIpc) is 2.77. The van der Waals surface area contributed by atoms with Gasteiger partial charge in [-0.15, -0.1) is 0 Å². The van der Waals surface area contributed by atoms with E-state index in [1.165, 1.54) is 0 Å². The number of nitrogens with one attached hydrogen (secondary N) is 1. The molecule has 1 aromatic rings. The Kier molecular flexibility index (Phi) is 3.60. The summed E-state index contributed by atoms with van der Waals surface area (Å²) in [6, 6.07) is 6.00. The molecule has 0 bridgehead atoms. The molecule has 2 heterocycles. The molecular weight excluding hydrogens is 278 g/mol. The summed E-state index contributed by atoms with van der Waals surface area (Å²) in [4.78, 5) is 0. The van der Waals surface area contributed by atoms with E-state index in [9.17, 15) is 8.42 Å². The number of hydrogen-bond donors (Lipinski definition) is 1. The molecule has 3 rings (SSSR count). The second-order valence-corrected chi connectivity index (χ2v) is 7.62. The Morgan fingerprint density at radius 2 is 2.00 bits per heavy atom. The predicted octanol–water partition coefficient (Wildman–Crippen LogP) is 1.30. The number of benzene rings is 1. The Bertz CT molecular complexity index is 599. The molecule has 0 aliphatic carbocycles. The number of sulfone groups is 1. The smallest absolute Gasteiger partial charge is 0.161 e. The minimum Gasteiger partial charge on any atom is -0.486 e. The molecule has 1 fully saturated rings. The molecule has 2 aliphatic rings. The normalized spacial score (nSPS) is 25.4. The molecule has 2 aliphatic heterocycles. The largest absolute Gasteiger partial charge is 0.486 e. The van der Waals surface area contributed by atoms with Crippen LogP contribution in [0.3, 0.4) is 0 Å². The number of fused-ring (bicyclic) bond motifs is 1. The molecular formula is C14H19NO4S. The first-order valence-electron chi connectivity index (χ1n) is 6.89. The van der Waals surface area contributed by atoms with E-state index in [0.29, 0.717) is 25.4 Å². The van der Waals surface area contributed by atoms with Crippen LogP contribution in [0.2, 0.25) is 0 Å². The zero-order valence-corrected chi connectivity index (χ0v) is 12.3. The highest BCUT2D eigenvalue weighted by Crippen LogP contribution is 2.32. The van der Waals surface area contributed by atoms with Gasteiger partial charge in [0.1, 0.15) is 13.2 Å². The lowest BCUT2D eigenvalue weighted by Gasteiger charge is -2.22. The molecule has 110 valence electrons. The third kappa shape index (κ3) is 2.91. The predicted molar refractivity (Wildman–Crippen MR) is 76.0 cm³/mol. The van der Waals surface area contributed by atoms with Crippen molar-refractivity contribution in [1.82, 2.24) is 5.32 Å². The minimum absolute atomic E-state index is 0.0446. The van der Waals surface area contributed by atoms with Crippen LogP contribution in [0.4, 0.5) is 0 Å². The lowest BCUT2D eigenvalue weighted by Crippen LogP contribution is -2.32. The molecule has 1 N–H and O–H groups in total. The highest BCUT2D eigenvalue weighted by molar-refractivity contribution is 7.91. The van der Waals surface area contributed by atoms with Gasteiger partial charge in [-0.25, -0.2) is 8.42 Å². The maximum atomic E-state index is 11.5. The van der Waals surface area contributed by atoms with Gasteiger partial charge in [-0.1, -0.05) is 6.07 Å². The topological polar surface area (TPSA) is 64.6 Å². The Hall–Kier alpha value is -1.27. The quantitative estimate of drug-likeness (QED) is 0.911. The zero-order chi connectivity index (χ0) is 14.2. The van der Waals surface area contributed by atoms with Gasteiger partial charge in [0.2, 0.25) is 0 Å². The van der Waals surface area contributed by atoms with Crippen LogP contribution < -0.4 is 14.8 Å². The van der Waals surface area contributed by atoms with Gasteiger partial charge in [0.15, 0.2) is 21.3 Å². The van der Waals surface area contributed by atoms with E-state index >= 15 is 0 Å². The standard InChI is InChI=1S/C14H19NO4S/c1-10(15-12-4-7-20(16,17)9-12)11-2-3-13-14(8-11)19-6-5-18-13/h2-3,8,10,12,15H,4-7,9H2,1H3. The third-order valence-electron chi connectivity index (χ3n) is 3.78. The van der Waals surface area contributed by atoms with Crippen molar-refractivity contribution in [2.75, 3.05) is 24.7 Å². The van der Waals surface area contributed by atoms with Crippen LogP contribution in [-0.2, 0) is 9.84 Å². The van der Waals surface area contributed by atoms with Crippen LogP contribution in [0, 0.1) is 0 Å². The number of rotatable bonds is 3. The van der Waals surface area contributed by atoms with Crippen molar-refractivity contribution in [2.24, 2.45) is 0 Å². The summed E-state index contributed by atoms with van der Waals surface area (Å²) in [5.74, 6) is 2.07. The molecule has 0 saturated carbocycles. The van der Waals surface area contributed by atoms with Gasteiger partial charge in [-0.2, -0.15) is 0 Å². The van der Waals surface area contributed by atoms with E-state index in [1.54, 1.807) is 0 Å². The Morgan fingerprint density at radius 1 is 1.25 bits per heavy atom. The van der Waals surface area contributed by atoms with Gasteiger partial charge in [0, 0.05) is 12.1 Å². The molecule has 0 spiro atoms. The Morgan fingerprint density at radius 3 is 2.70 bits per heavy atom. The fraction of sp³-hybridized carbons (Fsp3) is 0.571. The second-order valence-electron chi connectivity index (χ2n) is 5.39. The highest BCUT2D eigenvalue weighted by atomic mass is 32.2. The lowest BCUT2D eigenvalue weighted by atomic mass is 10.1.